The number of carbonyl (C=O) groups is 1. The molecule has 0 aromatic heterocycles. The van der Waals surface area contributed by atoms with E-state index >= 15 is 0 Å². The number of amides is 1. The Morgan fingerprint density at radius 1 is 1.03 bits per heavy atom. The molecule has 6 nitrogen and oxygen atoms in total. The SMILES string of the molecule is C[C@@H](CCC(=O)NCCS(=O)(=O)O)C1CC[C@@H]2[C@H]3CC[C@H]4C[C@@H](O)CC[C@@]4(C)C3CC[C@@]12C. The molecular weight excluding hydrogens is 438 g/mol. The first-order valence-electron chi connectivity index (χ1n) is 13.3. The highest BCUT2D eigenvalue weighted by molar-refractivity contribution is 7.85. The van der Waals surface area contributed by atoms with Gasteiger partial charge in [-0.1, -0.05) is 20.8 Å². The standard InChI is InChI=1S/C26H45NO5S/c1-17(4-9-24(29)27-14-15-33(30,31)32)21-7-8-22-20-6-5-18-16-19(28)10-12-25(18,2)23(20)11-13-26(21,22)3/h17-23,28H,4-16H2,1-3H3,(H,27,29)(H,30,31,32)/t17-,18-,19-,20+,21?,22+,23?,25+,26-/m0/s1. The average Bonchev–Trinajstić information content (AvgIpc) is 3.09. The molecule has 0 bridgehead atoms. The summed E-state index contributed by atoms with van der Waals surface area (Å²) < 4.78 is 30.5. The molecule has 9 atom stereocenters. The summed E-state index contributed by atoms with van der Waals surface area (Å²) in [7, 11) is -4.04. The molecule has 3 N–H and O–H groups in total. The van der Waals surface area contributed by atoms with Crippen LogP contribution in [0.1, 0.15) is 91.4 Å². The highest BCUT2D eigenvalue weighted by Gasteiger charge is 2.60. The summed E-state index contributed by atoms with van der Waals surface area (Å²) in [6.45, 7) is 7.34. The van der Waals surface area contributed by atoms with Gasteiger partial charge in [-0.05, 0) is 111 Å². The van der Waals surface area contributed by atoms with Crippen molar-refractivity contribution in [2.75, 3.05) is 12.3 Å². The fourth-order valence-electron chi connectivity index (χ4n) is 9.18. The van der Waals surface area contributed by atoms with Crippen LogP contribution < -0.4 is 5.32 Å². The number of hydrogen-bond donors (Lipinski definition) is 3. The molecular formula is C26H45NO5S. The van der Waals surface area contributed by atoms with Crippen molar-refractivity contribution in [1.82, 2.24) is 5.32 Å². The minimum Gasteiger partial charge on any atom is -0.393 e. The molecule has 4 saturated carbocycles. The Hall–Kier alpha value is -0.660. The van der Waals surface area contributed by atoms with Gasteiger partial charge in [0.05, 0.1) is 11.9 Å². The van der Waals surface area contributed by atoms with E-state index in [0.29, 0.717) is 35.0 Å². The number of aliphatic hydroxyl groups excluding tert-OH is 1. The third-order valence-corrected chi connectivity index (χ3v) is 11.6. The molecule has 0 aromatic carbocycles. The molecule has 0 aromatic rings. The summed E-state index contributed by atoms with van der Waals surface area (Å²) in [5, 5.41) is 12.9. The highest BCUT2D eigenvalue weighted by atomic mass is 32.2. The second-order valence-electron chi connectivity index (χ2n) is 12.5. The van der Waals surface area contributed by atoms with Crippen LogP contribution in [0.5, 0.6) is 0 Å². The van der Waals surface area contributed by atoms with Crippen LogP contribution in [0.15, 0.2) is 0 Å². The smallest absolute Gasteiger partial charge is 0.266 e. The topological polar surface area (TPSA) is 104 Å². The Morgan fingerprint density at radius 3 is 2.45 bits per heavy atom. The lowest BCUT2D eigenvalue weighted by Gasteiger charge is -2.61. The predicted molar refractivity (Wildman–Crippen MR) is 129 cm³/mol. The summed E-state index contributed by atoms with van der Waals surface area (Å²) in [5.74, 6) is 3.68. The zero-order valence-electron chi connectivity index (χ0n) is 20.8. The number of fused-ring (bicyclic) bond motifs is 5. The normalized spacial score (nSPS) is 43.8. The molecule has 4 aliphatic rings. The van der Waals surface area contributed by atoms with Crippen LogP contribution in [0.25, 0.3) is 0 Å². The van der Waals surface area contributed by atoms with Gasteiger partial charge in [-0.15, -0.1) is 0 Å². The van der Waals surface area contributed by atoms with Crippen molar-refractivity contribution in [3.05, 3.63) is 0 Å². The molecule has 1 amide bonds. The first-order chi connectivity index (χ1) is 15.4. The van der Waals surface area contributed by atoms with Crippen molar-refractivity contribution in [3.8, 4) is 0 Å². The highest BCUT2D eigenvalue weighted by Crippen LogP contribution is 2.68. The Morgan fingerprint density at radius 2 is 1.73 bits per heavy atom. The number of rotatable bonds is 7. The summed E-state index contributed by atoms with van der Waals surface area (Å²) >= 11 is 0. The van der Waals surface area contributed by atoms with Crippen LogP contribution in [0, 0.1) is 46.3 Å². The molecule has 0 heterocycles. The van der Waals surface area contributed by atoms with E-state index in [1.54, 1.807) is 0 Å². The maximum Gasteiger partial charge on any atom is 0.266 e. The minimum atomic E-state index is -4.04. The van der Waals surface area contributed by atoms with Crippen LogP contribution in [0.3, 0.4) is 0 Å². The van der Waals surface area contributed by atoms with Gasteiger partial charge in [-0.3, -0.25) is 9.35 Å². The van der Waals surface area contributed by atoms with E-state index < -0.39 is 15.9 Å². The molecule has 4 rings (SSSR count). The van der Waals surface area contributed by atoms with Gasteiger partial charge in [0, 0.05) is 13.0 Å². The molecule has 0 aliphatic heterocycles. The van der Waals surface area contributed by atoms with Crippen LogP contribution in [-0.4, -0.2) is 42.4 Å². The van der Waals surface area contributed by atoms with Gasteiger partial charge in [0.25, 0.3) is 10.1 Å². The largest absolute Gasteiger partial charge is 0.393 e. The lowest BCUT2D eigenvalue weighted by Crippen LogP contribution is -2.54. The minimum absolute atomic E-state index is 0.0326. The van der Waals surface area contributed by atoms with Crippen LogP contribution in [0.2, 0.25) is 0 Å². The maximum absolute atomic E-state index is 12.2. The number of nitrogens with one attached hydrogen (secondary N) is 1. The summed E-state index contributed by atoms with van der Waals surface area (Å²) in [4.78, 5) is 12.2. The van der Waals surface area contributed by atoms with Crippen molar-refractivity contribution in [2.24, 2.45) is 46.3 Å². The fraction of sp³-hybridized carbons (Fsp3) is 0.962. The zero-order chi connectivity index (χ0) is 24.0. The lowest BCUT2D eigenvalue weighted by molar-refractivity contribution is -0.129. The van der Waals surface area contributed by atoms with Crippen molar-refractivity contribution in [1.29, 1.82) is 0 Å². The average molecular weight is 484 g/mol. The van der Waals surface area contributed by atoms with Crippen molar-refractivity contribution >= 4 is 16.0 Å². The summed E-state index contributed by atoms with van der Waals surface area (Å²) in [6.07, 6.45) is 12.1. The molecule has 7 heteroatoms. The lowest BCUT2D eigenvalue weighted by atomic mass is 9.44. The summed E-state index contributed by atoms with van der Waals surface area (Å²) in [6, 6.07) is 0. The Balaban J connectivity index is 1.35. The Bertz CT molecular complexity index is 831. The molecule has 33 heavy (non-hydrogen) atoms. The molecule has 0 saturated heterocycles. The molecule has 4 fully saturated rings. The Labute approximate surface area is 200 Å². The molecule has 0 spiro atoms. The van der Waals surface area contributed by atoms with E-state index in [9.17, 15) is 18.3 Å². The molecule has 0 radical (unpaired) electrons. The molecule has 190 valence electrons. The van der Waals surface area contributed by atoms with Gasteiger partial charge in [-0.25, -0.2) is 0 Å². The number of carbonyl (C=O) groups excluding carboxylic acids is 1. The fourth-order valence-corrected chi connectivity index (χ4v) is 9.54. The first kappa shape index (κ1) is 25.4. The maximum atomic E-state index is 12.2. The quantitative estimate of drug-likeness (QED) is 0.465. The van der Waals surface area contributed by atoms with Gasteiger partial charge >= 0.3 is 0 Å². The van der Waals surface area contributed by atoms with Gasteiger partial charge in [0.15, 0.2) is 0 Å². The van der Waals surface area contributed by atoms with Crippen molar-refractivity contribution < 1.29 is 22.9 Å². The predicted octanol–water partition coefficient (Wildman–Crippen LogP) is 4.43. The van der Waals surface area contributed by atoms with Crippen LogP contribution >= 0.6 is 0 Å². The van der Waals surface area contributed by atoms with E-state index in [0.717, 1.165) is 37.0 Å². The van der Waals surface area contributed by atoms with Gasteiger partial charge in [0.2, 0.25) is 5.91 Å². The monoisotopic (exact) mass is 483 g/mol. The van der Waals surface area contributed by atoms with E-state index in [4.69, 9.17) is 4.55 Å². The number of hydrogen-bond acceptors (Lipinski definition) is 4. The van der Waals surface area contributed by atoms with Crippen molar-refractivity contribution in [2.45, 2.75) is 97.5 Å². The van der Waals surface area contributed by atoms with Crippen LogP contribution in [0.4, 0.5) is 0 Å². The van der Waals surface area contributed by atoms with Gasteiger partial charge in [-0.2, -0.15) is 8.42 Å². The third kappa shape index (κ3) is 5.02. The second kappa shape index (κ2) is 9.42. The van der Waals surface area contributed by atoms with E-state index in [-0.39, 0.29) is 18.6 Å². The van der Waals surface area contributed by atoms with E-state index in [1.165, 1.54) is 44.9 Å². The zero-order valence-corrected chi connectivity index (χ0v) is 21.6. The first-order valence-corrected chi connectivity index (χ1v) is 14.9. The number of aliphatic hydroxyl groups is 1. The van der Waals surface area contributed by atoms with Gasteiger partial charge < -0.3 is 10.4 Å². The molecule has 4 aliphatic carbocycles. The molecule has 2 unspecified atom stereocenters. The van der Waals surface area contributed by atoms with E-state index in [2.05, 4.69) is 26.1 Å². The Kier molecular flexibility index (Phi) is 7.26. The second-order valence-corrected chi connectivity index (χ2v) is 14.0. The summed E-state index contributed by atoms with van der Waals surface area (Å²) in [5.41, 5.74) is 0.771. The third-order valence-electron chi connectivity index (χ3n) is 10.9. The van der Waals surface area contributed by atoms with Gasteiger partial charge in [0.1, 0.15) is 0 Å². The van der Waals surface area contributed by atoms with E-state index in [1.807, 2.05) is 0 Å². The van der Waals surface area contributed by atoms with Crippen molar-refractivity contribution in [3.63, 3.8) is 0 Å². The van der Waals surface area contributed by atoms with Crippen LogP contribution in [-0.2, 0) is 14.9 Å².